The van der Waals surface area contributed by atoms with Crippen LogP contribution in [0.15, 0.2) is 0 Å². The molecule has 2 nitrogen and oxygen atoms in total. The van der Waals surface area contributed by atoms with E-state index in [-0.39, 0.29) is 0 Å². The number of nitrogens with zero attached hydrogens (tertiary/aromatic N) is 1. The topological polar surface area (TPSA) is 29.3 Å². The number of unbranched alkanes of at least 4 members (excludes halogenated alkanes) is 14. The summed E-state index contributed by atoms with van der Waals surface area (Å²) >= 11 is 0. The molecular formula is C20H44N2. The van der Waals surface area contributed by atoms with Crippen LogP contribution in [0.5, 0.6) is 0 Å². The van der Waals surface area contributed by atoms with E-state index in [4.69, 9.17) is 5.84 Å². The van der Waals surface area contributed by atoms with Gasteiger partial charge in [0.2, 0.25) is 0 Å². The zero-order valence-electron chi connectivity index (χ0n) is 15.8. The fourth-order valence-electron chi connectivity index (χ4n) is 3.01. The Morgan fingerprint density at radius 1 is 0.455 bits per heavy atom. The van der Waals surface area contributed by atoms with Crippen molar-refractivity contribution in [2.75, 3.05) is 13.1 Å². The lowest BCUT2D eigenvalue weighted by Crippen LogP contribution is -2.32. The van der Waals surface area contributed by atoms with E-state index < -0.39 is 0 Å². The molecule has 0 radical (unpaired) electrons. The highest BCUT2D eigenvalue weighted by atomic mass is 15.4. The maximum atomic E-state index is 6.02. The fraction of sp³-hybridized carbons (Fsp3) is 1.00. The molecule has 0 saturated heterocycles. The van der Waals surface area contributed by atoms with Crippen LogP contribution >= 0.6 is 0 Å². The first-order chi connectivity index (χ1) is 10.8. The van der Waals surface area contributed by atoms with E-state index in [0.29, 0.717) is 0 Å². The summed E-state index contributed by atoms with van der Waals surface area (Å²) in [6, 6.07) is 0. The molecule has 2 heteroatoms. The summed E-state index contributed by atoms with van der Waals surface area (Å²) in [7, 11) is 0. The summed E-state index contributed by atoms with van der Waals surface area (Å²) in [5.41, 5.74) is 0. The van der Waals surface area contributed by atoms with Gasteiger partial charge in [0.05, 0.1) is 0 Å². The van der Waals surface area contributed by atoms with E-state index in [0.717, 1.165) is 13.1 Å². The summed E-state index contributed by atoms with van der Waals surface area (Å²) in [5.74, 6) is 6.02. The molecule has 0 aliphatic heterocycles. The molecule has 2 N–H and O–H groups in total. The Bertz CT molecular complexity index is 194. The third-order valence-electron chi connectivity index (χ3n) is 4.60. The lowest BCUT2D eigenvalue weighted by Gasteiger charge is -2.15. The van der Waals surface area contributed by atoms with Gasteiger partial charge in [0.25, 0.3) is 0 Å². The van der Waals surface area contributed by atoms with Crippen molar-refractivity contribution in [2.24, 2.45) is 5.84 Å². The van der Waals surface area contributed by atoms with Crippen LogP contribution < -0.4 is 5.84 Å². The van der Waals surface area contributed by atoms with Crippen LogP contribution in [0.1, 0.15) is 117 Å². The Hall–Kier alpha value is -0.0800. The van der Waals surface area contributed by atoms with Gasteiger partial charge in [0, 0.05) is 13.1 Å². The third-order valence-corrected chi connectivity index (χ3v) is 4.60. The highest BCUT2D eigenvalue weighted by Crippen LogP contribution is 2.12. The zero-order chi connectivity index (χ0) is 16.3. The standard InChI is InChI=1S/C20H44N2/c1-3-5-7-9-10-11-12-13-14-15-16-18-20-22(21)19-17-8-6-4-2/h3-21H2,1-2H3. The van der Waals surface area contributed by atoms with Gasteiger partial charge < -0.3 is 0 Å². The van der Waals surface area contributed by atoms with Crippen LogP contribution in [0, 0.1) is 0 Å². The average Bonchev–Trinajstić information content (AvgIpc) is 2.52. The molecule has 0 aromatic rings. The Morgan fingerprint density at radius 2 is 0.727 bits per heavy atom. The maximum absolute atomic E-state index is 6.02. The predicted molar refractivity (Wildman–Crippen MR) is 101 cm³/mol. The molecule has 0 rings (SSSR count). The first-order valence-corrected chi connectivity index (χ1v) is 10.3. The SMILES string of the molecule is CCCCCCCCCCCCCCN(N)CCCCCC. The second-order valence-corrected chi connectivity index (χ2v) is 6.99. The van der Waals surface area contributed by atoms with E-state index in [9.17, 15) is 0 Å². The average molecular weight is 313 g/mol. The quantitative estimate of drug-likeness (QED) is 0.179. The second-order valence-electron chi connectivity index (χ2n) is 6.99. The van der Waals surface area contributed by atoms with E-state index >= 15 is 0 Å². The first kappa shape index (κ1) is 21.9. The Balaban J connectivity index is 3.07. The third kappa shape index (κ3) is 18.0. The molecule has 0 amide bonds. The van der Waals surface area contributed by atoms with Crippen LogP contribution in [0.4, 0.5) is 0 Å². The van der Waals surface area contributed by atoms with Crippen LogP contribution in [-0.2, 0) is 0 Å². The van der Waals surface area contributed by atoms with Gasteiger partial charge in [-0.2, -0.15) is 0 Å². The minimum absolute atomic E-state index is 1.08. The lowest BCUT2D eigenvalue weighted by atomic mass is 10.1. The van der Waals surface area contributed by atoms with Crippen molar-refractivity contribution in [2.45, 2.75) is 117 Å². The molecule has 0 bridgehead atoms. The number of hydrogen-bond donors (Lipinski definition) is 1. The smallest absolute Gasteiger partial charge is 0.0128 e. The molecule has 0 aromatic carbocycles. The monoisotopic (exact) mass is 312 g/mol. The predicted octanol–water partition coefficient (Wildman–Crippen LogP) is 6.44. The van der Waals surface area contributed by atoms with Gasteiger partial charge in [-0.1, -0.05) is 104 Å². The van der Waals surface area contributed by atoms with Crippen molar-refractivity contribution in [3.8, 4) is 0 Å². The van der Waals surface area contributed by atoms with Crippen LogP contribution in [0.3, 0.4) is 0 Å². The van der Waals surface area contributed by atoms with Crippen molar-refractivity contribution in [3.05, 3.63) is 0 Å². The number of hydrogen-bond acceptors (Lipinski definition) is 2. The van der Waals surface area contributed by atoms with E-state index in [1.807, 2.05) is 5.01 Å². The molecule has 0 atom stereocenters. The highest BCUT2D eigenvalue weighted by Gasteiger charge is 1.99. The van der Waals surface area contributed by atoms with Crippen molar-refractivity contribution in [1.82, 2.24) is 5.01 Å². The highest BCUT2D eigenvalue weighted by molar-refractivity contribution is 4.53. The number of hydrazine groups is 1. The van der Waals surface area contributed by atoms with E-state index in [2.05, 4.69) is 13.8 Å². The maximum Gasteiger partial charge on any atom is 0.0128 e. The van der Waals surface area contributed by atoms with Gasteiger partial charge in [-0.3, -0.25) is 5.84 Å². The Morgan fingerprint density at radius 3 is 1.09 bits per heavy atom. The molecule has 0 aliphatic rings. The summed E-state index contributed by atoms with van der Waals surface area (Å²) < 4.78 is 0. The molecule has 22 heavy (non-hydrogen) atoms. The molecule has 134 valence electrons. The molecule has 0 unspecified atom stereocenters. The molecule has 0 aromatic heterocycles. The largest absolute Gasteiger partial charge is 0.269 e. The fourth-order valence-corrected chi connectivity index (χ4v) is 3.01. The molecule has 0 spiro atoms. The minimum Gasteiger partial charge on any atom is -0.269 e. The van der Waals surface area contributed by atoms with Crippen molar-refractivity contribution in [3.63, 3.8) is 0 Å². The van der Waals surface area contributed by atoms with Gasteiger partial charge in [-0.25, -0.2) is 5.01 Å². The van der Waals surface area contributed by atoms with Gasteiger partial charge in [0.1, 0.15) is 0 Å². The van der Waals surface area contributed by atoms with Gasteiger partial charge >= 0.3 is 0 Å². The second kappa shape index (κ2) is 19.0. The van der Waals surface area contributed by atoms with Crippen molar-refractivity contribution >= 4 is 0 Å². The summed E-state index contributed by atoms with van der Waals surface area (Å²) in [4.78, 5) is 0. The molecule has 0 aliphatic carbocycles. The Kier molecular flexibility index (Phi) is 18.9. The molecular weight excluding hydrogens is 268 g/mol. The van der Waals surface area contributed by atoms with E-state index in [1.54, 1.807) is 0 Å². The van der Waals surface area contributed by atoms with Crippen molar-refractivity contribution in [1.29, 1.82) is 0 Å². The van der Waals surface area contributed by atoms with Gasteiger partial charge in [-0.05, 0) is 12.8 Å². The minimum atomic E-state index is 1.08. The Labute approximate surface area is 141 Å². The number of rotatable bonds is 18. The number of nitrogens with two attached hydrogens (primary N) is 1. The van der Waals surface area contributed by atoms with Gasteiger partial charge in [-0.15, -0.1) is 0 Å². The summed E-state index contributed by atoms with van der Waals surface area (Å²) in [6.45, 7) is 6.71. The lowest BCUT2D eigenvalue weighted by molar-refractivity contribution is 0.268. The zero-order valence-corrected chi connectivity index (χ0v) is 15.8. The van der Waals surface area contributed by atoms with Crippen LogP contribution in [0.2, 0.25) is 0 Å². The summed E-state index contributed by atoms with van der Waals surface area (Å²) in [6.07, 6.45) is 22.2. The summed E-state index contributed by atoms with van der Waals surface area (Å²) in [5, 5.41) is 2.03. The molecule has 0 fully saturated rings. The molecule has 0 saturated carbocycles. The van der Waals surface area contributed by atoms with Gasteiger partial charge in [0.15, 0.2) is 0 Å². The van der Waals surface area contributed by atoms with Crippen molar-refractivity contribution < 1.29 is 0 Å². The van der Waals surface area contributed by atoms with Crippen LogP contribution in [0.25, 0.3) is 0 Å². The first-order valence-electron chi connectivity index (χ1n) is 10.3. The van der Waals surface area contributed by atoms with E-state index in [1.165, 1.54) is 103 Å². The normalized spacial score (nSPS) is 11.5. The van der Waals surface area contributed by atoms with Crippen LogP contribution in [-0.4, -0.2) is 18.1 Å². The molecule has 0 heterocycles.